The highest BCUT2D eigenvalue weighted by Gasteiger charge is 2.38. The average Bonchev–Trinajstić information content (AvgIpc) is 2.47. The van der Waals surface area contributed by atoms with Crippen molar-refractivity contribution in [3.63, 3.8) is 0 Å². The molecule has 0 atom stereocenters. The first-order valence-corrected chi connectivity index (χ1v) is 9.07. The average molecular weight is 336 g/mol. The molecule has 0 aromatic heterocycles. The molecular weight excluding hydrogens is 320 g/mol. The van der Waals surface area contributed by atoms with Gasteiger partial charge >= 0.3 is 0 Å². The van der Waals surface area contributed by atoms with Crippen LogP contribution in [0.2, 0.25) is 0 Å². The quantitative estimate of drug-likeness (QED) is 0.596. The van der Waals surface area contributed by atoms with Crippen molar-refractivity contribution in [1.82, 2.24) is 0 Å². The first-order chi connectivity index (χ1) is 10.8. The van der Waals surface area contributed by atoms with Crippen molar-refractivity contribution >= 4 is 27.2 Å². The SMILES string of the molecule is Cc1c(C(=O)C2C(=O)CCCC2=O)ccc2c1OCCS2(=O)=O. The number of sulfone groups is 1. The molecular formula is C16H16O6S. The van der Waals surface area contributed by atoms with Crippen LogP contribution < -0.4 is 4.74 Å². The van der Waals surface area contributed by atoms with Crippen molar-refractivity contribution in [2.45, 2.75) is 31.1 Å². The van der Waals surface area contributed by atoms with Crippen LogP contribution in [0.3, 0.4) is 0 Å². The van der Waals surface area contributed by atoms with E-state index >= 15 is 0 Å². The zero-order valence-electron chi connectivity index (χ0n) is 12.6. The molecule has 122 valence electrons. The lowest BCUT2D eigenvalue weighted by atomic mass is 9.81. The van der Waals surface area contributed by atoms with Gasteiger partial charge in [-0.3, -0.25) is 14.4 Å². The molecule has 0 amide bonds. The molecule has 1 aliphatic heterocycles. The van der Waals surface area contributed by atoms with Crippen LogP contribution in [0.25, 0.3) is 0 Å². The predicted octanol–water partition coefficient (Wildman–Crippen LogP) is 1.28. The van der Waals surface area contributed by atoms with E-state index < -0.39 is 21.5 Å². The fourth-order valence-electron chi connectivity index (χ4n) is 3.07. The van der Waals surface area contributed by atoms with Crippen LogP contribution in [0.5, 0.6) is 5.75 Å². The van der Waals surface area contributed by atoms with E-state index in [0.29, 0.717) is 12.0 Å². The smallest absolute Gasteiger partial charge is 0.185 e. The second-order valence-electron chi connectivity index (χ2n) is 5.82. The van der Waals surface area contributed by atoms with Crippen LogP contribution in [0.15, 0.2) is 17.0 Å². The number of hydrogen-bond donors (Lipinski definition) is 0. The van der Waals surface area contributed by atoms with E-state index in [0.717, 1.165) is 0 Å². The largest absolute Gasteiger partial charge is 0.491 e. The summed E-state index contributed by atoms with van der Waals surface area (Å²) in [7, 11) is -3.42. The second kappa shape index (κ2) is 5.56. The molecule has 0 unspecified atom stereocenters. The lowest BCUT2D eigenvalue weighted by molar-refractivity contribution is -0.133. The van der Waals surface area contributed by atoms with Crippen LogP contribution in [0.4, 0.5) is 0 Å². The zero-order chi connectivity index (χ0) is 16.8. The molecule has 0 radical (unpaired) electrons. The van der Waals surface area contributed by atoms with Crippen LogP contribution in [-0.2, 0) is 19.4 Å². The van der Waals surface area contributed by atoms with Crippen molar-refractivity contribution in [3.8, 4) is 5.75 Å². The Labute approximate surface area is 133 Å². The van der Waals surface area contributed by atoms with Gasteiger partial charge in [0.1, 0.15) is 23.2 Å². The minimum atomic E-state index is -3.42. The highest BCUT2D eigenvalue weighted by Crippen LogP contribution is 2.35. The second-order valence-corrected chi connectivity index (χ2v) is 7.89. The monoisotopic (exact) mass is 336 g/mol. The summed E-state index contributed by atoms with van der Waals surface area (Å²) in [6.07, 6.45) is 0.917. The van der Waals surface area contributed by atoms with Crippen molar-refractivity contribution in [1.29, 1.82) is 0 Å². The van der Waals surface area contributed by atoms with E-state index in [2.05, 4.69) is 0 Å². The molecule has 7 heteroatoms. The molecule has 3 rings (SSSR count). The maximum atomic E-state index is 12.6. The van der Waals surface area contributed by atoms with Crippen molar-refractivity contribution in [3.05, 3.63) is 23.3 Å². The number of carbonyl (C=O) groups is 3. The Bertz CT molecular complexity index is 805. The van der Waals surface area contributed by atoms with E-state index in [-0.39, 0.29) is 53.0 Å². The van der Waals surface area contributed by atoms with E-state index in [1.54, 1.807) is 6.92 Å². The Morgan fingerprint density at radius 1 is 1.17 bits per heavy atom. The van der Waals surface area contributed by atoms with Gasteiger partial charge in [-0.2, -0.15) is 0 Å². The summed E-state index contributed by atoms with van der Waals surface area (Å²) in [5.41, 5.74) is 0.538. The molecule has 1 fully saturated rings. The molecule has 1 aromatic carbocycles. The predicted molar refractivity (Wildman–Crippen MR) is 80.4 cm³/mol. The topological polar surface area (TPSA) is 94.6 Å². The number of fused-ring (bicyclic) bond motifs is 1. The summed E-state index contributed by atoms with van der Waals surface area (Å²) >= 11 is 0. The lowest BCUT2D eigenvalue weighted by Crippen LogP contribution is -2.35. The Kier molecular flexibility index (Phi) is 3.83. The summed E-state index contributed by atoms with van der Waals surface area (Å²) < 4.78 is 29.5. The molecule has 2 aliphatic rings. The summed E-state index contributed by atoms with van der Waals surface area (Å²) in [5.74, 6) is -2.51. The minimum Gasteiger partial charge on any atom is -0.491 e. The maximum absolute atomic E-state index is 12.6. The Balaban J connectivity index is 2.06. The Morgan fingerprint density at radius 2 is 1.83 bits per heavy atom. The van der Waals surface area contributed by atoms with E-state index in [9.17, 15) is 22.8 Å². The van der Waals surface area contributed by atoms with Crippen LogP contribution >= 0.6 is 0 Å². The van der Waals surface area contributed by atoms with Gasteiger partial charge in [0, 0.05) is 24.0 Å². The van der Waals surface area contributed by atoms with E-state index in [1.807, 2.05) is 0 Å². The van der Waals surface area contributed by atoms with Crippen LogP contribution in [-0.4, -0.2) is 38.1 Å². The number of Topliss-reactive ketones (excluding diaryl/α,β-unsaturated/α-hetero) is 3. The fraction of sp³-hybridized carbons (Fsp3) is 0.438. The standard InChI is InChI=1S/C16H16O6S/c1-9-10(15(19)14-11(17)3-2-4-12(14)18)5-6-13-16(9)22-7-8-23(13,20)21/h5-6,14H,2-4,7-8H2,1H3. The number of hydrogen-bond acceptors (Lipinski definition) is 6. The van der Waals surface area contributed by atoms with Crippen LogP contribution in [0.1, 0.15) is 35.2 Å². The molecule has 0 spiro atoms. The Hall–Kier alpha value is -2.02. The molecule has 0 bridgehead atoms. The zero-order valence-corrected chi connectivity index (χ0v) is 13.4. The van der Waals surface area contributed by atoms with Crippen molar-refractivity contribution in [2.24, 2.45) is 5.92 Å². The molecule has 0 N–H and O–H groups in total. The number of ketones is 3. The third-order valence-electron chi connectivity index (χ3n) is 4.32. The minimum absolute atomic E-state index is 0.0229. The van der Waals surface area contributed by atoms with Crippen molar-refractivity contribution < 1.29 is 27.5 Å². The van der Waals surface area contributed by atoms with E-state index in [1.165, 1.54) is 12.1 Å². The third-order valence-corrected chi connectivity index (χ3v) is 6.02. The molecule has 1 saturated carbocycles. The van der Waals surface area contributed by atoms with Gasteiger partial charge < -0.3 is 4.74 Å². The number of ether oxygens (including phenoxy) is 1. The highest BCUT2D eigenvalue weighted by molar-refractivity contribution is 7.91. The normalized spacial score (nSPS) is 20.7. The summed E-state index contributed by atoms with van der Waals surface area (Å²) in [6, 6.07) is 2.69. The molecule has 6 nitrogen and oxygen atoms in total. The molecule has 1 heterocycles. The highest BCUT2D eigenvalue weighted by atomic mass is 32.2. The number of rotatable bonds is 2. The fourth-order valence-corrected chi connectivity index (χ4v) is 4.37. The van der Waals surface area contributed by atoms with Gasteiger partial charge in [-0.05, 0) is 25.5 Å². The first kappa shape index (κ1) is 15.9. The molecule has 1 aromatic rings. The van der Waals surface area contributed by atoms with Gasteiger partial charge in [0.15, 0.2) is 27.2 Å². The van der Waals surface area contributed by atoms with Gasteiger partial charge in [0.2, 0.25) is 0 Å². The van der Waals surface area contributed by atoms with Gasteiger partial charge in [0.05, 0.1) is 5.75 Å². The number of benzene rings is 1. The van der Waals surface area contributed by atoms with Gasteiger partial charge in [0.25, 0.3) is 0 Å². The molecule has 0 saturated heterocycles. The summed E-state index contributed by atoms with van der Waals surface area (Å²) in [5, 5.41) is 0. The lowest BCUT2D eigenvalue weighted by Gasteiger charge is -2.23. The summed E-state index contributed by atoms with van der Waals surface area (Å²) in [4.78, 5) is 36.6. The third kappa shape index (κ3) is 2.59. The molecule has 23 heavy (non-hydrogen) atoms. The number of carbonyl (C=O) groups excluding carboxylic acids is 3. The van der Waals surface area contributed by atoms with Crippen molar-refractivity contribution in [2.75, 3.05) is 12.4 Å². The Morgan fingerprint density at radius 3 is 2.48 bits per heavy atom. The summed E-state index contributed by atoms with van der Waals surface area (Å²) in [6.45, 7) is 1.60. The van der Waals surface area contributed by atoms with Gasteiger partial charge in [-0.25, -0.2) is 8.42 Å². The van der Waals surface area contributed by atoms with Gasteiger partial charge in [-0.15, -0.1) is 0 Å². The van der Waals surface area contributed by atoms with Gasteiger partial charge in [-0.1, -0.05) is 0 Å². The van der Waals surface area contributed by atoms with E-state index in [4.69, 9.17) is 4.74 Å². The van der Waals surface area contributed by atoms with Crippen LogP contribution in [0, 0.1) is 12.8 Å². The maximum Gasteiger partial charge on any atom is 0.185 e. The molecule has 1 aliphatic carbocycles. The first-order valence-electron chi connectivity index (χ1n) is 7.42.